The molecule has 1 aliphatic rings. The number of benzene rings is 1. The average Bonchev–Trinajstić information content (AvgIpc) is 3.12. The van der Waals surface area contributed by atoms with E-state index in [4.69, 9.17) is 11.6 Å². The number of likely N-dealkylation sites (N-methyl/N-ethyl adjacent to an activating group) is 1. The van der Waals surface area contributed by atoms with Gasteiger partial charge in [-0.1, -0.05) is 24.6 Å². The molecule has 3 rings (SSSR count). The Morgan fingerprint density at radius 2 is 2.32 bits per heavy atom. The van der Waals surface area contributed by atoms with E-state index in [0.717, 1.165) is 4.88 Å². The maximum absolute atomic E-state index is 13.3. The van der Waals surface area contributed by atoms with Gasteiger partial charge in [0, 0.05) is 17.1 Å². The molecule has 2 heterocycles. The maximum atomic E-state index is 13.3. The van der Waals surface area contributed by atoms with Crippen LogP contribution in [0.15, 0.2) is 35.7 Å². The Labute approximate surface area is 156 Å². The summed E-state index contributed by atoms with van der Waals surface area (Å²) < 4.78 is 30.4. The summed E-state index contributed by atoms with van der Waals surface area (Å²) in [5, 5.41) is 4.63. The molecule has 134 valence electrons. The lowest BCUT2D eigenvalue weighted by Gasteiger charge is -2.36. The minimum Gasteiger partial charge on any atom is -0.325 e. The molecule has 1 saturated heterocycles. The van der Waals surface area contributed by atoms with Crippen LogP contribution >= 0.6 is 22.9 Å². The van der Waals surface area contributed by atoms with Crippen molar-refractivity contribution in [1.29, 1.82) is 0 Å². The van der Waals surface area contributed by atoms with Crippen LogP contribution < -0.4 is 10.0 Å². The molecular weight excluding hydrogens is 385 g/mol. The normalized spacial score (nSPS) is 24.2. The highest BCUT2D eigenvalue weighted by atomic mass is 35.5. The summed E-state index contributed by atoms with van der Waals surface area (Å²) in [6.07, 6.45) is 0.487. The molecule has 3 unspecified atom stereocenters. The number of anilines is 1. The van der Waals surface area contributed by atoms with Gasteiger partial charge in [0.2, 0.25) is 5.91 Å². The molecule has 1 fully saturated rings. The number of thiophene rings is 1. The SMILES string of the molecule is CCN1C(C(=O)Nc2ccc(F)c(Cl)c2)CC(c2cccs2)NS1=O. The Hall–Kier alpha value is -1.32. The van der Waals surface area contributed by atoms with Crippen molar-refractivity contribution in [2.45, 2.75) is 25.4 Å². The van der Waals surface area contributed by atoms with Gasteiger partial charge in [-0.15, -0.1) is 11.3 Å². The molecule has 1 aromatic carbocycles. The Morgan fingerprint density at radius 1 is 1.52 bits per heavy atom. The lowest BCUT2D eigenvalue weighted by molar-refractivity contribution is -0.120. The van der Waals surface area contributed by atoms with Gasteiger partial charge >= 0.3 is 0 Å². The fourth-order valence-corrected chi connectivity index (χ4v) is 5.03. The smallest absolute Gasteiger partial charge is 0.242 e. The van der Waals surface area contributed by atoms with Crippen LogP contribution in [-0.2, 0) is 16.0 Å². The molecular formula is C16H17ClFN3O2S2. The highest BCUT2D eigenvalue weighted by molar-refractivity contribution is 7.80. The van der Waals surface area contributed by atoms with Gasteiger partial charge in [-0.2, -0.15) is 4.31 Å². The third-order valence-electron chi connectivity index (χ3n) is 3.95. The van der Waals surface area contributed by atoms with Crippen LogP contribution in [-0.4, -0.2) is 27.0 Å². The van der Waals surface area contributed by atoms with Gasteiger partial charge in [-0.3, -0.25) is 4.79 Å². The lowest BCUT2D eigenvalue weighted by atomic mass is 10.1. The van der Waals surface area contributed by atoms with E-state index in [1.54, 1.807) is 15.6 Å². The Balaban J connectivity index is 1.79. The van der Waals surface area contributed by atoms with Crippen LogP contribution in [0.3, 0.4) is 0 Å². The first kappa shape index (κ1) is 18.5. The molecule has 0 aliphatic carbocycles. The van der Waals surface area contributed by atoms with Crippen LogP contribution in [0.25, 0.3) is 0 Å². The van der Waals surface area contributed by atoms with Crippen LogP contribution in [0.4, 0.5) is 10.1 Å². The van der Waals surface area contributed by atoms with Crippen molar-refractivity contribution < 1.29 is 13.4 Å². The zero-order chi connectivity index (χ0) is 18.0. The van der Waals surface area contributed by atoms with Crippen molar-refractivity contribution in [2.75, 3.05) is 11.9 Å². The van der Waals surface area contributed by atoms with Gasteiger partial charge in [-0.25, -0.2) is 13.3 Å². The number of amides is 1. The first-order chi connectivity index (χ1) is 12.0. The maximum Gasteiger partial charge on any atom is 0.242 e. The largest absolute Gasteiger partial charge is 0.325 e. The molecule has 1 aromatic heterocycles. The minimum absolute atomic E-state index is 0.0597. The molecule has 0 spiro atoms. The van der Waals surface area contributed by atoms with Crippen molar-refractivity contribution in [3.63, 3.8) is 0 Å². The van der Waals surface area contributed by atoms with Gasteiger partial charge in [0.15, 0.2) is 11.2 Å². The van der Waals surface area contributed by atoms with Gasteiger partial charge in [-0.05, 0) is 36.1 Å². The monoisotopic (exact) mass is 401 g/mol. The third kappa shape index (κ3) is 4.09. The molecule has 0 bridgehead atoms. The highest BCUT2D eigenvalue weighted by Gasteiger charge is 2.38. The minimum atomic E-state index is -1.47. The second-order valence-corrected chi connectivity index (χ2v) is 8.13. The second-order valence-electron chi connectivity index (χ2n) is 5.54. The van der Waals surface area contributed by atoms with E-state index < -0.39 is 23.0 Å². The molecule has 5 nitrogen and oxygen atoms in total. The number of carbonyl (C=O) groups excluding carboxylic acids is 1. The summed E-state index contributed by atoms with van der Waals surface area (Å²) >= 11 is 5.85. The van der Waals surface area contributed by atoms with E-state index in [1.165, 1.54) is 18.2 Å². The van der Waals surface area contributed by atoms with Crippen LogP contribution in [0.5, 0.6) is 0 Å². The fourth-order valence-electron chi connectivity index (χ4n) is 2.73. The number of carbonyl (C=O) groups is 1. The molecule has 0 saturated carbocycles. The standard InChI is InChI=1S/C16H17ClFN3O2S2/c1-2-21-14(9-13(20-25(21)23)15-4-3-7-24-15)16(22)19-10-5-6-12(18)11(17)8-10/h3-8,13-14,20H,2,9H2,1H3,(H,19,22). The van der Waals surface area contributed by atoms with E-state index in [0.29, 0.717) is 18.7 Å². The number of nitrogens with zero attached hydrogens (tertiary/aromatic N) is 1. The molecule has 0 radical (unpaired) electrons. The third-order valence-corrected chi connectivity index (χ3v) is 6.65. The number of nitrogens with one attached hydrogen (secondary N) is 2. The van der Waals surface area contributed by atoms with Gasteiger partial charge in [0.05, 0.1) is 11.1 Å². The average molecular weight is 402 g/mol. The van der Waals surface area contributed by atoms with Crippen LogP contribution in [0.1, 0.15) is 24.3 Å². The number of rotatable bonds is 4. The second kappa shape index (κ2) is 7.92. The van der Waals surface area contributed by atoms with E-state index >= 15 is 0 Å². The highest BCUT2D eigenvalue weighted by Crippen LogP contribution is 2.30. The molecule has 2 aromatic rings. The van der Waals surface area contributed by atoms with Crippen molar-refractivity contribution in [1.82, 2.24) is 9.03 Å². The lowest BCUT2D eigenvalue weighted by Crippen LogP contribution is -2.54. The molecule has 2 N–H and O–H groups in total. The van der Waals surface area contributed by atoms with Crippen LogP contribution in [0, 0.1) is 5.82 Å². The van der Waals surface area contributed by atoms with E-state index in [2.05, 4.69) is 10.0 Å². The van der Waals surface area contributed by atoms with Crippen LogP contribution in [0.2, 0.25) is 5.02 Å². The van der Waals surface area contributed by atoms with Gasteiger partial charge < -0.3 is 5.32 Å². The Bertz CT molecular complexity index is 788. The number of halogens is 2. The topological polar surface area (TPSA) is 61.4 Å². The molecule has 9 heteroatoms. The molecule has 25 heavy (non-hydrogen) atoms. The Morgan fingerprint density at radius 3 is 2.96 bits per heavy atom. The van der Waals surface area contributed by atoms with E-state index in [9.17, 15) is 13.4 Å². The van der Waals surface area contributed by atoms with Gasteiger partial charge in [0.1, 0.15) is 11.9 Å². The predicted octanol–water partition coefficient (Wildman–Crippen LogP) is 3.48. The van der Waals surface area contributed by atoms with Crippen molar-refractivity contribution in [2.24, 2.45) is 0 Å². The summed E-state index contributed by atoms with van der Waals surface area (Å²) in [4.78, 5) is 13.8. The quantitative estimate of drug-likeness (QED) is 0.823. The molecule has 1 aliphatic heterocycles. The Kier molecular flexibility index (Phi) is 5.85. The summed E-state index contributed by atoms with van der Waals surface area (Å²) in [5.41, 5.74) is 0.407. The van der Waals surface area contributed by atoms with Crippen molar-refractivity contribution in [3.8, 4) is 0 Å². The first-order valence-corrected chi connectivity index (χ1v) is 10.1. The first-order valence-electron chi connectivity index (χ1n) is 7.73. The summed E-state index contributed by atoms with van der Waals surface area (Å²) in [6.45, 7) is 2.30. The number of hydrogen-bond acceptors (Lipinski definition) is 3. The van der Waals surface area contributed by atoms with Gasteiger partial charge in [0.25, 0.3) is 0 Å². The summed E-state index contributed by atoms with van der Waals surface area (Å²) in [6, 6.07) is 7.16. The molecule has 1 amide bonds. The van der Waals surface area contributed by atoms with Crippen molar-refractivity contribution in [3.05, 3.63) is 51.4 Å². The summed E-state index contributed by atoms with van der Waals surface area (Å²) in [7, 11) is 0. The molecule has 3 atom stereocenters. The van der Waals surface area contributed by atoms with Crippen molar-refractivity contribution >= 4 is 45.7 Å². The van der Waals surface area contributed by atoms with E-state index in [-0.39, 0.29) is 17.0 Å². The zero-order valence-corrected chi connectivity index (χ0v) is 15.8. The zero-order valence-electron chi connectivity index (χ0n) is 13.4. The predicted molar refractivity (Wildman–Crippen MR) is 99.2 cm³/mol. The summed E-state index contributed by atoms with van der Waals surface area (Å²) in [5.74, 6) is -0.837. The fraction of sp³-hybridized carbons (Fsp3) is 0.312. The number of hydrogen-bond donors (Lipinski definition) is 2. The van der Waals surface area contributed by atoms with E-state index in [1.807, 2.05) is 24.4 Å².